The number of aliphatic imine (C=N–C) groups is 1. The third kappa shape index (κ3) is 6.29. The lowest BCUT2D eigenvalue weighted by Gasteiger charge is -2.23. The standard InChI is InChI=1S/C14H19N.C14H22/c1-9(2)11-5-6-12-8-13(10(3)4)15-14(12)7-11;1-13(2,3)11-7-9-12(10-8-11)14(4,5)6/h5-7,9-10H,8H2,1-4H3;7-10H,1-6H3. The molecule has 0 saturated carbocycles. The molecular formula is C28H41N. The normalized spacial score (nSPS) is 13.9. The summed E-state index contributed by atoms with van der Waals surface area (Å²) in [6.45, 7) is 22.4. The maximum atomic E-state index is 4.71. The Morgan fingerprint density at radius 2 is 1.17 bits per heavy atom. The van der Waals surface area contributed by atoms with E-state index in [-0.39, 0.29) is 10.8 Å². The molecule has 1 heteroatoms. The summed E-state index contributed by atoms with van der Waals surface area (Å²) in [6.07, 6.45) is 1.05. The summed E-state index contributed by atoms with van der Waals surface area (Å²) in [6, 6.07) is 15.7. The monoisotopic (exact) mass is 391 g/mol. The van der Waals surface area contributed by atoms with Gasteiger partial charge in [-0.05, 0) is 51.0 Å². The molecule has 158 valence electrons. The summed E-state index contributed by atoms with van der Waals surface area (Å²) in [5.41, 5.74) is 8.64. The van der Waals surface area contributed by atoms with Crippen LogP contribution in [0.1, 0.15) is 97.4 Å². The lowest BCUT2D eigenvalue weighted by molar-refractivity contribution is 0.577. The lowest BCUT2D eigenvalue weighted by Crippen LogP contribution is -2.14. The van der Waals surface area contributed by atoms with Crippen LogP contribution in [-0.2, 0) is 17.3 Å². The predicted octanol–water partition coefficient (Wildman–Crippen LogP) is 8.38. The van der Waals surface area contributed by atoms with Crippen LogP contribution in [0.5, 0.6) is 0 Å². The average Bonchev–Trinajstić information content (AvgIpc) is 3.04. The second-order valence-electron chi connectivity index (χ2n) is 11.1. The van der Waals surface area contributed by atoms with Crippen LogP contribution < -0.4 is 0 Å². The zero-order valence-corrected chi connectivity index (χ0v) is 20.4. The first-order valence-electron chi connectivity index (χ1n) is 11.1. The molecule has 1 aliphatic heterocycles. The van der Waals surface area contributed by atoms with Crippen molar-refractivity contribution in [2.24, 2.45) is 10.9 Å². The summed E-state index contributed by atoms with van der Waals surface area (Å²) in [4.78, 5) is 4.71. The first-order valence-corrected chi connectivity index (χ1v) is 11.1. The Morgan fingerprint density at radius 1 is 0.690 bits per heavy atom. The topological polar surface area (TPSA) is 12.4 Å². The second-order valence-corrected chi connectivity index (χ2v) is 11.1. The molecule has 0 aliphatic carbocycles. The van der Waals surface area contributed by atoms with E-state index in [9.17, 15) is 0 Å². The fraction of sp³-hybridized carbons (Fsp3) is 0.536. The fourth-order valence-electron chi connectivity index (χ4n) is 3.39. The van der Waals surface area contributed by atoms with Crippen molar-refractivity contribution in [3.05, 3.63) is 64.7 Å². The third-order valence-corrected chi connectivity index (χ3v) is 5.70. The largest absolute Gasteiger partial charge is 0.257 e. The van der Waals surface area contributed by atoms with E-state index in [1.165, 1.54) is 33.7 Å². The zero-order chi connectivity index (χ0) is 22.0. The Kier molecular flexibility index (Phi) is 7.14. The van der Waals surface area contributed by atoms with E-state index in [2.05, 4.69) is 112 Å². The molecule has 0 bridgehead atoms. The molecule has 1 nitrogen and oxygen atoms in total. The van der Waals surface area contributed by atoms with Gasteiger partial charge < -0.3 is 0 Å². The minimum Gasteiger partial charge on any atom is -0.257 e. The molecule has 0 spiro atoms. The van der Waals surface area contributed by atoms with Crippen molar-refractivity contribution in [2.75, 3.05) is 0 Å². The molecule has 0 fully saturated rings. The average molecular weight is 392 g/mol. The lowest BCUT2D eigenvalue weighted by atomic mass is 9.82. The van der Waals surface area contributed by atoms with Crippen LogP contribution in [0.15, 0.2) is 47.5 Å². The maximum absolute atomic E-state index is 4.71. The smallest absolute Gasteiger partial charge is 0.0667 e. The van der Waals surface area contributed by atoms with Gasteiger partial charge >= 0.3 is 0 Å². The van der Waals surface area contributed by atoms with Crippen LogP contribution in [0.2, 0.25) is 0 Å². The van der Waals surface area contributed by atoms with Crippen molar-refractivity contribution in [1.29, 1.82) is 0 Å². The van der Waals surface area contributed by atoms with Crippen LogP contribution in [-0.4, -0.2) is 5.71 Å². The Balaban J connectivity index is 0.000000208. The summed E-state index contributed by atoms with van der Waals surface area (Å²) < 4.78 is 0. The maximum Gasteiger partial charge on any atom is 0.0667 e. The number of hydrogen-bond donors (Lipinski definition) is 0. The Morgan fingerprint density at radius 3 is 1.55 bits per heavy atom. The van der Waals surface area contributed by atoms with Crippen molar-refractivity contribution in [3.8, 4) is 0 Å². The van der Waals surface area contributed by atoms with Gasteiger partial charge in [0.2, 0.25) is 0 Å². The first-order chi connectivity index (χ1) is 13.3. The van der Waals surface area contributed by atoms with Gasteiger partial charge in [-0.15, -0.1) is 0 Å². The highest BCUT2D eigenvalue weighted by molar-refractivity contribution is 5.95. The van der Waals surface area contributed by atoms with Crippen LogP contribution >= 0.6 is 0 Å². The van der Waals surface area contributed by atoms with Crippen LogP contribution in [0.3, 0.4) is 0 Å². The van der Waals surface area contributed by atoms with Gasteiger partial charge in [0.15, 0.2) is 0 Å². The molecule has 0 atom stereocenters. The molecule has 0 N–H and O–H groups in total. The Hall–Kier alpha value is -1.89. The fourth-order valence-corrected chi connectivity index (χ4v) is 3.39. The highest BCUT2D eigenvalue weighted by Crippen LogP contribution is 2.32. The first kappa shape index (κ1) is 23.4. The van der Waals surface area contributed by atoms with Crippen molar-refractivity contribution >= 4 is 11.4 Å². The zero-order valence-electron chi connectivity index (χ0n) is 20.4. The van der Waals surface area contributed by atoms with Crippen molar-refractivity contribution in [1.82, 2.24) is 0 Å². The number of fused-ring (bicyclic) bond motifs is 1. The highest BCUT2D eigenvalue weighted by atomic mass is 14.8. The Bertz CT molecular complexity index is 804. The predicted molar refractivity (Wildman–Crippen MR) is 130 cm³/mol. The highest BCUT2D eigenvalue weighted by Gasteiger charge is 2.18. The molecular weight excluding hydrogens is 350 g/mol. The van der Waals surface area contributed by atoms with Crippen molar-refractivity contribution in [2.45, 2.75) is 92.4 Å². The van der Waals surface area contributed by atoms with Crippen LogP contribution in [0.4, 0.5) is 5.69 Å². The molecule has 0 aromatic heterocycles. The van der Waals surface area contributed by atoms with Gasteiger partial charge in [-0.3, -0.25) is 4.99 Å². The molecule has 0 amide bonds. The van der Waals surface area contributed by atoms with E-state index >= 15 is 0 Å². The summed E-state index contributed by atoms with van der Waals surface area (Å²) in [5.74, 6) is 1.16. The second kappa shape index (κ2) is 8.86. The van der Waals surface area contributed by atoms with Gasteiger partial charge in [-0.25, -0.2) is 0 Å². The third-order valence-electron chi connectivity index (χ3n) is 5.70. The molecule has 1 aliphatic rings. The molecule has 0 radical (unpaired) electrons. The molecule has 2 aromatic carbocycles. The van der Waals surface area contributed by atoms with Gasteiger partial charge in [-0.1, -0.05) is 106 Å². The van der Waals surface area contributed by atoms with E-state index in [1.54, 1.807) is 0 Å². The molecule has 29 heavy (non-hydrogen) atoms. The Labute approximate surface area is 179 Å². The SMILES string of the molecule is CC(C)(C)c1ccc(C(C)(C)C)cc1.CC(C)C1=Nc2cc(C(C)C)ccc2C1. The molecule has 3 rings (SSSR count). The van der Waals surface area contributed by atoms with E-state index < -0.39 is 0 Å². The van der Waals surface area contributed by atoms with Gasteiger partial charge in [0.1, 0.15) is 0 Å². The molecule has 2 aromatic rings. The minimum atomic E-state index is 0.260. The van der Waals surface area contributed by atoms with Gasteiger partial charge in [0.05, 0.1) is 5.69 Å². The van der Waals surface area contributed by atoms with E-state index in [4.69, 9.17) is 4.99 Å². The number of rotatable bonds is 2. The molecule has 1 heterocycles. The van der Waals surface area contributed by atoms with Gasteiger partial charge in [0.25, 0.3) is 0 Å². The summed E-state index contributed by atoms with van der Waals surface area (Å²) >= 11 is 0. The quantitative estimate of drug-likeness (QED) is 0.487. The van der Waals surface area contributed by atoms with Gasteiger partial charge in [0, 0.05) is 12.1 Å². The summed E-state index contributed by atoms with van der Waals surface area (Å²) in [5, 5.41) is 0. The number of benzene rings is 2. The van der Waals surface area contributed by atoms with Crippen LogP contribution in [0.25, 0.3) is 0 Å². The van der Waals surface area contributed by atoms with E-state index in [1.807, 2.05) is 0 Å². The number of nitrogens with zero attached hydrogens (tertiary/aromatic N) is 1. The minimum absolute atomic E-state index is 0.260. The van der Waals surface area contributed by atoms with Gasteiger partial charge in [-0.2, -0.15) is 0 Å². The molecule has 0 unspecified atom stereocenters. The van der Waals surface area contributed by atoms with Crippen molar-refractivity contribution in [3.63, 3.8) is 0 Å². The summed E-state index contributed by atoms with van der Waals surface area (Å²) in [7, 11) is 0. The van der Waals surface area contributed by atoms with Crippen molar-refractivity contribution < 1.29 is 0 Å². The van der Waals surface area contributed by atoms with Crippen LogP contribution in [0, 0.1) is 5.92 Å². The van der Waals surface area contributed by atoms with E-state index in [0.717, 1.165) is 6.42 Å². The number of hydrogen-bond acceptors (Lipinski definition) is 1. The van der Waals surface area contributed by atoms with E-state index in [0.29, 0.717) is 11.8 Å². The molecule has 0 saturated heterocycles.